The number of halogens is 1. The van der Waals surface area contributed by atoms with Gasteiger partial charge in [0.2, 0.25) is 0 Å². The molecule has 0 fully saturated rings. The number of hydrogen-bond donors (Lipinski definition) is 3. The van der Waals surface area contributed by atoms with Crippen LogP contribution in [0.15, 0.2) is 9.59 Å². The predicted molar refractivity (Wildman–Crippen MR) is 56.4 cm³/mol. The fourth-order valence-electron chi connectivity index (χ4n) is 1.33. The van der Waals surface area contributed by atoms with Crippen molar-refractivity contribution in [1.82, 2.24) is 19.9 Å². The quantitative estimate of drug-likeness (QED) is 0.651. The first-order valence-electron chi connectivity index (χ1n) is 4.48. The molecule has 0 bridgehead atoms. The zero-order valence-electron chi connectivity index (χ0n) is 7.76. The molecule has 0 saturated heterocycles. The molecule has 0 saturated carbocycles. The van der Waals surface area contributed by atoms with Gasteiger partial charge in [0, 0.05) is 12.3 Å². The normalized spacial score (nSPS) is 11.0. The molecule has 6 nitrogen and oxygen atoms in total. The highest BCUT2D eigenvalue weighted by Crippen LogP contribution is 2.03. The minimum Gasteiger partial charge on any atom is -0.336 e. The van der Waals surface area contributed by atoms with Crippen LogP contribution in [0.5, 0.6) is 0 Å². The number of imidazole rings is 1. The SMILES string of the molecule is O=c1[nH]c(=O)c2[nH]c(CCCCl)nc2[nH]1. The first kappa shape index (κ1) is 9.97. The Morgan fingerprint density at radius 2 is 2.00 bits per heavy atom. The van der Waals surface area contributed by atoms with Crippen LogP contribution in [0.1, 0.15) is 12.2 Å². The molecular weight excluding hydrogens is 220 g/mol. The van der Waals surface area contributed by atoms with Gasteiger partial charge in [0.15, 0.2) is 5.65 Å². The van der Waals surface area contributed by atoms with Crippen LogP contribution < -0.4 is 11.2 Å². The number of nitrogens with one attached hydrogen (secondary N) is 3. The van der Waals surface area contributed by atoms with Crippen molar-refractivity contribution in [2.75, 3.05) is 5.88 Å². The third kappa shape index (κ3) is 1.94. The lowest BCUT2D eigenvalue weighted by atomic mass is 10.3. The van der Waals surface area contributed by atoms with Crippen LogP contribution in [0.4, 0.5) is 0 Å². The topological polar surface area (TPSA) is 94.4 Å². The summed E-state index contributed by atoms with van der Waals surface area (Å²) in [5.41, 5.74) is -0.436. The van der Waals surface area contributed by atoms with E-state index in [9.17, 15) is 9.59 Å². The summed E-state index contributed by atoms with van der Waals surface area (Å²) in [4.78, 5) is 33.7. The second-order valence-electron chi connectivity index (χ2n) is 3.11. The fourth-order valence-corrected chi connectivity index (χ4v) is 1.47. The smallest absolute Gasteiger partial charge is 0.327 e. The second kappa shape index (κ2) is 3.90. The minimum atomic E-state index is -0.553. The van der Waals surface area contributed by atoms with Crippen molar-refractivity contribution in [3.8, 4) is 0 Å². The Morgan fingerprint density at radius 1 is 1.20 bits per heavy atom. The first-order chi connectivity index (χ1) is 7.20. The molecule has 2 rings (SSSR count). The van der Waals surface area contributed by atoms with Crippen molar-refractivity contribution in [3.63, 3.8) is 0 Å². The van der Waals surface area contributed by atoms with Crippen molar-refractivity contribution in [1.29, 1.82) is 0 Å². The number of rotatable bonds is 3. The molecule has 0 amide bonds. The Bertz CT molecular complexity index is 582. The van der Waals surface area contributed by atoms with E-state index in [1.54, 1.807) is 0 Å². The highest BCUT2D eigenvalue weighted by molar-refractivity contribution is 6.17. The van der Waals surface area contributed by atoms with Crippen LogP contribution in [-0.2, 0) is 6.42 Å². The summed E-state index contributed by atoms with van der Waals surface area (Å²) in [5, 5.41) is 0. The van der Waals surface area contributed by atoms with E-state index in [4.69, 9.17) is 11.6 Å². The average Bonchev–Trinajstić information content (AvgIpc) is 2.57. The molecule has 0 aromatic carbocycles. The third-order valence-corrected chi connectivity index (χ3v) is 2.25. The van der Waals surface area contributed by atoms with E-state index >= 15 is 0 Å². The van der Waals surface area contributed by atoms with Crippen molar-refractivity contribution >= 4 is 22.8 Å². The molecule has 3 N–H and O–H groups in total. The van der Waals surface area contributed by atoms with Gasteiger partial charge in [-0.2, -0.15) is 0 Å². The Balaban J connectivity index is 2.51. The monoisotopic (exact) mass is 228 g/mol. The number of H-pyrrole nitrogens is 3. The average molecular weight is 229 g/mol. The molecule has 2 aromatic rings. The lowest BCUT2D eigenvalue weighted by molar-refractivity contribution is 0.865. The minimum absolute atomic E-state index is 0.285. The molecule has 0 spiro atoms. The van der Waals surface area contributed by atoms with Gasteiger partial charge >= 0.3 is 5.69 Å². The Labute approximate surface area is 88.7 Å². The molecule has 0 aliphatic rings. The molecule has 2 heterocycles. The van der Waals surface area contributed by atoms with E-state index in [-0.39, 0.29) is 5.65 Å². The van der Waals surface area contributed by atoms with E-state index in [0.29, 0.717) is 23.6 Å². The Kier molecular flexibility index (Phi) is 2.59. The van der Waals surface area contributed by atoms with Gasteiger partial charge in [-0.1, -0.05) is 0 Å². The van der Waals surface area contributed by atoms with Gasteiger partial charge in [0.05, 0.1) is 0 Å². The Hall–Kier alpha value is -1.56. The largest absolute Gasteiger partial charge is 0.336 e. The molecule has 7 heteroatoms. The van der Waals surface area contributed by atoms with E-state index < -0.39 is 11.2 Å². The van der Waals surface area contributed by atoms with Crippen LogP contribution in [0.25, 0.3) is 11.2 Å². The Morgan fingerprint density at radius 3 is 2.73 bits per heavy atom. The summed E-state index contributed by atoms with van der Waals surface area (Å²) in [5.74, 6) is 1.18. The van der Waals surface area contributed by atoms with Crippen LogP contribution in [0.3, 0.4) is 0 Å². The number of aryl methyl sites for hydroxylation is 1. The predicted octanol–water partition coefficient (Wildman–Crippen LogP) is 0.111. The molecule has 0 radical (unpaired) electrons. The van der Waals surface area contributed by atoms with Crippen LogP contribution in [-0.4, -0.2) is 25.8 Å². The summed E-state index contributed by atoms with van der Waals surface area (Å²) in [6.45, 7) is 0. The van der Waals surface area contributed by atoms with Crippen molar-refractivity contribution in [2.45, 2.75) is 12.8 Å². The van der Waals surface area contributed by atoms with Crippen molar-refractivity contribution in [2.24, 2.45) is 0 Å². The maximum Gasteiger partial charge on any atom is 0.327 e. The first-order valence-corrected chi connectivity index (χ1v) is 5.01. The highest BCUT2D eigenvalue weighted by atomic mass is 35.5. The van der Waals surface area contributed by atoms with Crippen LogP contribution in [0.2, 0.25) is 0 Å². The molecule has 0 aliphatic heterocycles. The zero-order chi connectivity index (χ0) is 10.8. The zero-order valence-corrected chi connectivity index (χ0v) is 8.52. The van der Waals surface area contributed by atoms with E-state index in [0.717, 1.165) is 6.42 Å². The lowest BCUT2D eigenvalue weighted by Crippen LogP contribution is -2.21. The van der Waals surface area contributed by atoms with Gasteiger partial charge in [0.1, 0.15) is 11.3 Å². The van der Waals surface area contributed by atoms with Crippen LogP contribution in [0, 0.1) is 0 Å². The summed E-state index contributed by atoms with van der Waals surface area (Å²) in [7, 11) is 0. The van der Waals surface area contributed by atoms with E-state index in [1.165, 1.54) is 0 Å². The third-order valence-electron chi connectivity index (χ3n) is 1.99. The molecule has 80 valence electrons. The van der Waals surface area contributed by atoms with Crippen molar-refractivity contribution < 1.29 is 0 Å². The van der Waals surface area contributed by atoms with Gasteiger partial charge in [-0.25, -0.2) is 9.78 Å². The van der Waals surface area contributed by atoms with E-state index in [1.807, 2.05) is 0 Å². The highest BCUT2D eigenvalue weighted by Gasteiger charge is 2.06. The number of hydrogen-bond acceptors (Lipinski definition) is 3. The van der Waals surface area contributed by atoms with E-state index in [2.05, 4.69) is 19.9 Å². The number of fused-ring (bicyclic) bond motifs is 1. The molecule has 2 aromatic heterocycles. The second-order valence-corrected chi connectivity index (χ2v) is 3.49. The van der Waals surface area contributed by atoms with Crippen molar-refractivity contribution in [3.05, 3.63) is 26.7 Å². The number of alkyl halides is 1. The van der Waals surface area contributed by atoms with Gasteiger partial charge in [-0.15, -0.1) is 11.6 Å². The summed E-state index contributed by atoms with van der Waals surface area (Å²) in [6.07, 6.45) is 1.42. The number of aromatic amines is 3. The maximum absolute atomic E-state index is 11.3. The lowest BCUT2D eigenvalue weighted by Gasteiger charge is -1.89. The van der Waals surface area contributed by atoms with Gasteiger partial charge < -0.3 is 4.98 Å². The van der Waals surface area contributed by atoms with Gasteiger partial charge in [-0.05, 0) is 6.42 Å². The van der Waals surface area contributed by atoms with Crippen LogP contribution >= 0.6 is 11.6 Å². The molecule has 0 unspecified atom stereocenters. The fraction of sp³-hybridized carbons (Fsp3) is 0.375. The van der Waals surface area contributed by atoms with Gasteiger partial charge in [0.25, 0.3) is 5.56 Å². The maximum atomic E-state index is 11.3. The summed E-state index contributed by atoms with van der Waals surface area (Å²) < 4.78 is 0. The molecule has 0 aliphatic carbocycles. The molecule has 0 atom stereocenters. The standard InChI is InChI=1S/C8H9ClN4O2/c9-3-1-2-4-10-5-6(11-4)12-8(15)13-7(5)14/h1-3H2,(H3,10,11,12,13,14,15). The molecule has 15 heavy (non-hydrogen) atoms. The number of nitrogens with zero attached hydrogens (tertiary/aromatic N) is 1. The van der Waals surface area contributed by atoms with Gasteiger partial charge in [-0.3, -0.25) is 14.8 Å². The summed E-state index contributed by atoms with van der Waals surface area (Å²) in [6, 6.07) is 0. The molecular formula is C8H9ClN4O2. The summed E-state index contributed by atoms with van der Waals surface area (Å²) >= 11 is 5.54. The number of aromatic nitrogens is 4.